The number of benzene rings is 1. The summed E-state index contributed by atoms with van der Waals surface area (Å²) >= 11 is 6.06. The molecular formula is C15H18ClNO5. The molecule has 0 fully saturated rings. The zero-order chi connectivity index (χ0) is 16.1. The molecule has 1 aliphatic rings. The molecule has 1 heterocycles. The molecule has 0 amide bonds. The number of rotatable bonds is 6. The molecule has 1 aromatic rings. The van der Waals surface area contributed by atoms with Gasteiger partial charge in [-0.3, -0.25) is 0 Å². The number of hydrogen-bond acceptors (Lipinski definition) is 6. The standard InChI is InChI=1S/C15H18ClNO5/c1-4-20-13-8-21-17-14(13)11-7-10(16)5-6-12(11)22-9(2)15(18)19-3/h5-7,9,13H,4,8H2,1-3H3. The van der Waals surface area contributed by atoms with Gasteiger partial charge in [0, 0.05) is 17.2 Å². The molecule has 22 heavy (non-hydrogen) atoms. The van der Waals surface area contributed by atoms with E-state index in [1.165, 1.54) is 7.11 Å². The molecule has 0 bridgehead atoms. The number of methoxy groups -OCH3 is 1. The largest absolute Gasteiger partial charge is 0.478 e. The van der Waals surface area contributed by atoms with Crippen LogP contribution in [0.15, 0.2) is 23.4 Å². The van der Waals surface area contributed by atoms with Gasteiger partial charge in [-0.05, 0) is 32.0 Å². The molecule has 0 spiro atoms. The van der Waals surface area contributed by atoms with Crippen molar-refractivity contribution in [3.8, 4) is 5.75 Å². The number of ether oxygens (including phenoxy) is 3. The van der Waals surface area contributed by atoms with Crippen molar-refractivity contribution < 1.29 is 23.8 Å². The van der Waals surface area contributed by atoms with Crippen LogP contribution in [0.2, 0.25) is 5.02 Å². The lowest BCUT2D eigenvalue weighted by Gasteiger charge is -2.17. The molecule has 0 aliphatic carbocycles. The lowest BCUT2D eigenvalue weighted by Crippen LogP contribution is -2.28. The molecule has 0 saturated heterocycles. The van der Waals surface area contributed by atoms with Gasteiger partial charge in [0.2, 0.25) is 0 Å². The van der Waals surface area contributed by atoms with Gasteiger partial charge in [-0.2, -0.15) is 0 Å². The Labute approximate surface area is 133 Å². The third-order valence-electron chi connectivity index (χ3n) is 3.12. The summed E-state index contributed by atoms with van der Waals surface area (Å²) in [4.78, 5) is 16.6. The molecule has 2 unspecified atom stereocenters. The van der Waals surface area contributed by atoms with Gasteiger partial charge in [-0.15, -0.1) is 0 Å². The first-order valence-electron chi connectivity index (χ1n) is 6.92. The SMILES string of the molecule is CCOC1CON=C1c1cc(Cl)ccc1OC(C)C(=O)OC. The topological polar surface area (TPSA) is 66.3 Å². The fourth-order valence-electron chi connectivity index (χ4n) is 2.07. The van der Waals surface area contributed by atoms with Crippen LogP contribution in [0, 0.1) is 0 Å². The Morgan fingerprint density at radius 3 is 3.00 bits per heavy atom. The minimum absolute atomic E-state index is 0.292. The summed E-state index contributed by atoms with van der Waals surface area (Å²) in [5, 5.41) is 4.54. The smallest absolute Gasteiger partial charge is 0.346 e. The van der Waals surface area contributed by atoms with Crippen molar-refractivity contribution in [1.29, 1.82) is 0 Å². The molecule has 0 saturated carbocycles. The van der Waals surface area contributed by atoms with Crippen LogP contribution in [-0.4, -0.2) is 44.2 Å². The van der Waals surface area contributed by atoms with E-state index in [0.29, 0.717) is 35.3 Å². The molecular weight excluding hydrogens is 310 g/mol. The Bertz CT molecular complexity index is 575. The Morgan fingerprint density at radius 2 is 2.32 bits per heavy atom. The summed E-state index contributed by atoms with van der Waals surface area (Å²) < 4.78 is 15.9. The summed E-state index contributed by atoms with van der Waals surface area (Å²) in [6, 6.07) is 5.07. The fourth-order valence-corrected chi connectivity index (χ4v) is 2.24. The quantitative estimate of drug-likeness (QED) is 0.751. The van der Waals surface area contributed by atoms with Crippen molar-refractivity contribution in [3.63, 3.8) is 0 Å². The minimum atomic E-state index is -0.751. The Balaban J connectivity index is 2.30. The Kier molecular flexibility index (Phi) is 5.63. The van der Waals surface area contributed by atoms with Crippen molar-refractivity contribution >= 4 is 23.3 Å². The summed E-state index contributed by atoms with van der Waals surface area (Å²) in [5.74, 6) is 0.00289. The average Bonchev–Trinajstić information content (AvgIpc) is 2.96. The number of carbonyl (C=O) groups is 1. The number of hydrogen-bond donors (Lipinski definition) is 0. The zero-order valence-corrected chi connectivity index (χ0v) is 13.4. The molecule has 0 aromatic heterocycles. The van der Waals surface area contributed by atoms with Gasteiger partial charge in [0.25, 0.3) is 0 Å². The highest BCUT2D eigenvalue weighted by Crippen LogP contribution is 2.28. The maximum absolute atomic E-state index is 11.5. The zero-order valence-electron chi connectivity index (χ0n) is 12.7. The van der Waals surface area contributed by atoms with Crippen LogP contribution >= 0.6 is 11.6 Å². The van der Waals surface area contributed by atoms with E-state index < -0.39 is 12.1 Å². The Hall–Kier alpha value is -1.79. The second kappa shape index (κ2) is 7.47. The van der Waals surface area contributed by atoms with Crippen LogP contribution in [0.3, 0.4) is 0 Å². The highest BCUT2D eigenvalue weighted by Gasteiger charge is 2.29. The van der Waals surface area contributed by atoms with Gasteiger partial charge in [0.1, 0.15) is 24.2 Å². The van der Waals surface area contributed by atoms with Gasteiger partial charge >= 0.3 is 5.97 Å². The van der Waals surface area contributed by atoms with Crippen LogP contribution in [0.1, 0.15) is 19.4 Å². The van der Waals surface area contributed by atoms with E-state index in [1.54, 1.807) is 25.1 Å². The first kappa shape index (κ1) is 16.6. The summed E-state index contributed by atoms with van der Waals surface area (Å²) in [5.41, 5.74) is 1.23. The van der Waals surface area contributed by atoms with E-state index in [4.69, 9.17) is 25.9 Å². The predicted octanol–water partition coefficient (Wildman–Crippen LogP) is 2.42. The maximum Gasteiger partial charge on any atom is 0.346 e. The lowest BCUT2D eigenvalue weighted by atomic mass is 10.0. The maximum atomic E-state index is 11.5. The molecule has 6 nitrogen and oxygen atoms in total. The van der Waals surface area contributed by atoms with Gasteiger partial charge < -0.3 is 19.0 Å². The summed E-state index contributed by atoms with van der Waals surface area (Å²) in [7, 11) is 1.31. The highest BCUT2D eigenvalue weighted by molar-refractivity contribution is 6.31. The van der Waals surface area contributed by atoms with E-state index in [9.17, 15) is 4.79 Å². The van der Waals surface area contributed by atoms with Gasteiger partial charge in [0.15, 0.2) is 6.10 Å². The minimum Gasteiger partial charge on any atom is -0.478 e. The molecule has 120 valence electrons. The fraction of sp³-hybridized carbons (Fsp3) is 0.467. The molecule has 2 rings (SSSR count). The van der Waals surface area contributed by atoms with E-state index in [-0.39, 0.29) is 6.10 Å². The van der Waals surface area contributed by atoms with Crippen LogP contribution in [0.25, 0.3) is 0 Å². The van der Waals surface area contributed by atoms with Crippen molar-refractivity contribution in [2.45, 2.75) is 26.1 Å². The number of carbonyl (C=O) groups excluding carboxylic acids is 1. The van der Waals surface area contributed by atoms with E-state index >= 15 is 0 Å². The van der Waals surface area contributed by atoms with E-state index in [2.05, 4.69) is 9.89 Å². The summed E-state index contributed by atoms with van der Waals surface area (Å²) in [6.07, 6.45) is -1.04. The number of esters is 1. The van der Waals surface area contributed by atoms with E-state index in [1.807, 2.05) is 6.92 Å². The average molecular weight is 328 g/mol. The summed E-state index contributed by atoms with van der Waals surface area (Å²) in [6.45, 7) is 4.37. The number of nitrogens with zero attached hydrogens (tertiary/aromatic N) is 1. The van der Waals surface area contributed by atoms with Gasteiger partial charge in [0.05, 0.1) is 7.11 Å². The molecule has 1 aromatic carbocycles. The van der Waals surface area contributed by atoms with E-state index in [0.717, 1.165) is 0 Å². The van der Waals surface area contributed by atoms with Crippen LogP contribution < -0.4 is 4.74 Å². The van der Waals surface area contributed by atoms with Crippen molar-refractivity contribution in [1.82, 2.24) is 0 Å². The first-order valence-corrected chi connectivity index (χ1v) is 7.30. The van der Waals surface area contributed by atoms with Crippen molar-refractivity contribution in [2.75, 3.05) is 20.3 Å². The predicted molar refractivity (Wildman–Crippen MR) is 81.5 cm³/mol. The number of oxime groups is 1. The number of halogens is 1. The van der Waals surface area contributed by atoms with Crippen LogP contribution in [0.4, 0.5) is 0 Å². The third-order valence-corrected chi connectivity index (χ3v) is 3.35. The molecule has 0 radical (unpaired) electrons. The van der Waals surface area contributed by atoms with Crippen molar-refractivity contribution in [3.05, 3.63) is 28.8 Å². The van der Waals surface area contributed by atoms with Gasteiger partial charge in [-0.25, -0.2) is 4.79 Å². The first-order chi connectivity index (χ1) is 10.6. The van der Waals surface area contributed by atoms with Crippen molar-refractivity contribution in [2.24, 2.45) is 5.16 Å². The Morgan fingerprint density at radius 1 is 1.55 bits per heavy atom. The monoisotopic (exact) mass is 327 g/mol. The van der Waals surface area contributed by atoms with Gasteiger partial charge in [-0.1, -0.05) is 16.8 Å². The van der Waals surface area contributed by atoms with Crippen LogP contribution in [0.5, 0.6) is 5.75 Å². The molecule has 2 atom stereocenters. The third kappa shape index (κ3) is 3.69. The molecule has 7 heteroatoms. The molecule has 0 N–H and O–H groups in total. The lowest BCUT2D eigenvalue weighted by molar-refractivity contribution is -0.147. The molecule has 1 aliphatic heterocycles. The second-order valence-corrected chi connectivity index (χ2v) is 5.08. The van der Waals surface area contributed by atoms with Crippen LogP contribution in [-0.2, 0) is 19.1 Å². The normalized spacial score (nSPS) is 18.4. The second-order valence-electron chi connectivity index (χ2n) is 4.64. The highest BCUT2D eigenvalue weighted by atomic mass is 35.5.